The molecule has 1 amide bonds. The fourth-order valence-corrected chi connectivity index (χ4v) is 3.00. The molecule has 1 atom stereocenters. The van der Waals surface area contributed by atoms with Crippen LogP contribution in [0.2, 0.25) is 0 Å². The van der Waals surface area contributed by atoms with Crippen molar-refractivity contribution in [1.82, 2.24) is 25.3 Å². The third-order valence-electron chi connectivity index (χ3n) is 4.52. The lowest BCUT2D eigenvalue weighted by Crippen LogP contribution is -2.45. The number of hydrogen-bond acceptors (Lipinski definition) is 6. The number of aromatic nitrogens is 3. The summed E-state index contributed by atoms with van der Waals surface area (Å²) in [4.78, 5) is 22.8. The normalized spacial score (nSPS) is 17.0. The first kappa shape index (κ1) is 17.5. The van der Waals surface area contributed by atoms with Gasteiger partial charge in [-0.05, 0) is 31.9 Å². The molecule has 134 valence electrons. The molecule has 7 heteroatoms. The Kier molecular flexibility index (Phi) is 5.43. The molecule has 0 aliphatic carbocycles. The monoisotopic (exact) mass is 343 g/mol. The highest BCUT2D eigenvalue weighted by Gasteiger charge is 2.26. The van der Waals surface area contributed by atoms with E-state index in [0.717, 1.165) is 31.8 Å². The van der Waals surface area contributed by atoms with Crippen molar-refractivity contribution in [3.8, 4) is 0 Å². The third-order valence-corrected chi connectivity index (χ3v) is 4.52. The lowest BCUT2D eigenvalue weighted by atomic mass is 10.0. The predicted octanol–water partition coefficient (Wildman–Crippen LogP) is 2.54. The summed E-state index contributed by atoms with van der Waals surface area (Å²) in [6, 6.07) is 3.94. The Morgan fingerprint density at radius 2 is 2.08 bits per heavy atom. The third kappa shape index (κ3) is 4.22. The zero-order valence-electron chi connectivity index (χ0n) is 15.0. The Morgan fingerprint density at radius 1 is 1.32 bits per heavy atom. The van der Waals surface area contributed by atoms with E-state index in [1.165, 1.54) is 0 Å². The van der Waals surface area contributed by atoms with E-state index in [9.17, 15) is 4.79 Å². The molecule has 2 aromatic heterocycles. The van der Waals surface area contributed by atoms with Crippen molar-refractivity contribution in [2.45, 2.75) is 51.6 Å². The maximum atomic E-state index is 12.4. The van der Waals surface area contributed by atoms with E-state index in [1.807, 2.05) is 31.7 Å². The number of piperidine rings is 1. The van der Waals surface area contributed by atoms with E-state index in [0.29, 0.717) is 17.5 Å². The summed E-state index contributed by atoms with van der Waals surface area (Å²) in [7, 11) is 0. The SMILES string of the molecule is CC(C)c1noc(C(C)NC2CCN(C(=O)c3cccnc3)CC2)n1. The number of rotatable bonds is 5. The largest absolute Gasteiger partial charge is 0.338 e. The second-order valence-corrected chi connectivity index (χ2v) is 6.84. The molecule has 1 saturated heterocycles. The molecule has 25 heavy (non-hydrogen) atoms. The molecular formula is C18H25N5O2. The van der Waals surface area contributed by atoms with Gasteiger partial charge in [0.25, 0.3) is 5.91 Å². The number of nitrogens with zero attached hydrogens (tertiary/aromatic N) is 4. The van der Waals surface area contributed by atoms with E-state index in [-0.39, 0.29) is 17.9 Å². The number of carbonyl (C=O) groups is 1. The molecule has 1 aliphatic rings. The summed E-state index contributed by atoms with van der Waals surface area (Å²) in [6.45, 7) is 7.59. The smallest absolute Gasteiger partial charge is 0.255 e. The minimum absolute atomic E-state index is 0.00516. The van der Waals surface area contributed by atoms with Gasteiger partial charge < -0.3 is 14.7 Å². The van der Waals surface area contributed by atoms with Crippen molar-refractivity contribution in [2.24, 2.45) is 0 Å². The molecular weight excluding hydrogens is 318 g/mol. The molecule has 0 spiro atoms. The first-order valence-corrected chi connectivity index (χ1v) is 8.83. The highest BCUT2D eigenvalue weighted by molar-refractivity contribution is 5.93. The molecule has 1 unspecified atom stereocenters. The van der Waals surface area contributed by atoms with Gasteiger partial charge in [-0.25, -0.2) is 0 Å². The van der Waals surface area contributed by atoms with E-state index in [2.05, 4.69) is 20.4 Å². The van der Waals surface area contributed by atoms with Gasteiger partial charge in [0, 0.05) is 37.4 Å². The van der Waals surface area contributed by atoms with Crippen molar-refractivity contribution < 1.29 is 9.32 Å². The average Bonchev–Trinajstić information content (AvgIpc) is 3.13. The van der Waals surface area contributed by atoms with Gasteiger partial charge in [-0.3, -0.25) is 9.78 Å². The van der Waals surface area contributed by atoms with Gasteiger partial charge in [0.05, 0.1) is 11.6 Å². The highest BCUT2D eigenvalue weighted by Crippen LogP contribution is 2.19. The van der Waals surface area contributed by atoms with Crippen molar-refractivity contribution in [3.05, 3.63) is 41.8 Å². The first-order valence-electron chi connectivity index (χ1n) is 8.83. The number of likely N-dealkylation sites (tertiary alicyclic amines) is 1. The number of nitrogens with one attached hydrogen (secondary N) is 1. The van der Waals surface area contributed by atoms with Crippen LogP contribution >= 0.6 is 0 Å². The number of amides is 1. The molecule has 1 aliphatic heterocycles. The molecule has 1 N–H and O–H groups in total. The van der Waals surface area contributed by atoms with Crippen LogP contribution in [0.3, 0.4) is 0 Å². The van der Waals surface area contributed by atoms with E-state index < -0.39 is 0 Å². The van der Waals surface area contributed by atoms with E-state index in [4.69, 9.17) is 4.52 Å². The Balaban J connectivity index is 1.51. The average molecular weight is 343 g/mol. The lowest BCUT2D eigenvalue weighted by molar-refractivity contribution is 0.0700. The molecule has 7 nitrogen and oxygen atoms in total. The maximum absolute atomic E-state index is 12.4. The van der Waals surface area contributed by atoms with Crippen molar-refractivity contribution >= 4 is 5.91 Å². The standard InChI is InChI=1S/C18H25N5O2/c1-12(2)16-21-17(25-22-16)13(3)20-15-6-9-23(10-7-15)18(24)14-5-4-8-19-11-14/h4-5,8,11-13,15,20H,6-7,9-10H2,1-3H3. The summed E-state index contributed by atoms with van der Waals surface area (Å²) in [6.07, 6.45) is 5.11. The van der Waals surface area contributed by atoms with E-state index >= 15 is 0 Å². The minimum Gasteiger partial charge on any atom is -0.338 e. The summed E-state index contributed by atoms with van der Waals surface area (Å²) in [5.41, 5.74) is 0.648. The summed E-state index contributed by atoms with van der Waals surface area (Å²) in [5, 5.41) is 7.55. The van der Waals surface area contributed by atoms with E-state index in [1.54, 1.807) is 18.5 Å². The van der Waals surface area contributed by atoms with Gasteiger partial charge in [-0.15, -0.1) is 0 Å². The topological polar surface area (TPSA) is 84.2 Å². The first-order chi connectivity index (χ1) is 12.0. The van der Waals surface area contributed by atoms with Crippen molar-refractivity contribution in [3.63, 3.8) is 0 Å². The Labute approximate surface area is 147 Å². The summed E-state index contributed by atoms with van der Waals surface area (Å²) >= 11 is 0. The molecule has 0 saturated carbocycles. The van der Waals surface area contributed by atoms with Crippen LogP contribution in [-0.2, 0) is 0 Å². The summed E-state index contributed by atoms with van der Waals surface area (Å²) < 4.78 is 5.35. The Hall–Kier alpha value is -2.28. The Bertz CT molecular complexity index is 693. The second-order valence-electron chi connectivity index (χ2n) is 6.84. The molecule has 3 heterocycles. The fourth-order valence-electron chi connectivity index (χ4n) is 3.00. The molecule has 3 rings (SSSR count). The van der Waals surface area contributed by atoms with Crippen LogP contribution in [0.15, 0.2) is 29.0 Å². The van der Waals surface area contributed by atoms with Crippen LogP contribution < -0.4 is 5.32 Å². The van der Waals surface area contributed by atoms with Gasteiger partial charge >= 0.3 is 0 Å². The molecule has 0 bridgehead atoms. The van der Waals surface area contributed by atoms with Gasteiger partial charge in [0.2, 0.25) is 5.89 Å². The number of pyridine rings is 1. The number of hydrogen-bond donors (Lipinski definition) is 1. The van der Waals surface area contributed by atoms with Crippen molar-refractivity contribution in [2.75, 3.05) is 13.1 Å². The van der Waals surface area contributed by atoms with Crippen LogP contribution in [0.25, 0.3) is 0 Å². The van der Waals surface area contributed by atoms with Crippen LogP contribution in [0, 0.1) is 0 Å². The summed E-state index contributed by atoms with van der Waals surface area (Å²) in [5.74, 6) is 1.67. The van der Waals surface area contributed by atoms with Crippen LogP contribution in [0.1, 0.15) is 67.6 Å². The second kappa shape index (κ2) is 7.74. The fraction of sp³-hybridized carbons (Fsp3) is 0.556. The van der Waals surface area contributed by atoms with Gasteiger partial charge in [0.15, 0.2) is 5.82 Å². The van der Waals surface area contributed by atoms with Crippen LogP contribution in [0.4, 0.5) is 0 Å². The molecule has 1 fully saturated rings. The maximum Gasteiger partial charge on any atom is 0.255 e. The molecule has 0 aromatic carbocycles. The van der Waals surface area contributed by atoms with Gasteiger partial charge in [0.1, 0.15) is 0 Å². The van der Waals surface area contributed by atoms with Crippen LogP contribution in [0.5, 0.6) is 0 Å². The van der Waals surface area contributed by atoms with Crippen LogP contribution in [-0.4, -0.2) is 45.1 Å². The number of carbonyl (C=O) groups excluding carboxylic acids is 1. The quantitative estimate of drug-likeness (QED) is 0.898. The van der Waals surface area contributed by atoms with Gasteiger partial charge in [-0.2, -0.15) is 4.98 Å². The zero-order chi connectivity index (χ0) is 17.8. The predicted molar refractivity (Wildman–Crippen MR) is 93.1 cm³/mol. The minimum atomic E-state index is 0.00516. The molecule has 0 radical (unpaired) electrons. The lowest BCUT2D eigenvalue weighted by Gasteiger charge is -2.33. The van der Waals surface area contributed by atoms with Crippen molar-refractivity contribution in [1.29, 1.82) is 0 Å². The van der Waals surface area contributed by atoms with Gasteiger partial charge in [-0.1, -0.05) is 19.0 Å². The Morgan fingerprint density at radius 3 is 2.68 bits per heavy atom. The zero-order valence-corrected chi connectivity index (χ0v) is 15.0. The molecule has 2 aromatic rings. The highest BCUT2D eigenvalue weighted by atomic mass is 16.5.